The van der Waals surface area contributed by atoms with Crippen LogP contribution in [0.5, 0.6) is 0 Å². The van der Waals surface area contributed by atoms with Crippen molar-refractivity contribution in [3.05, 3.63) is 119 Å². The summed E-state index contributed by atoms with van der Waals surface area (Å²) in [7, 11) is -5.12. The van der Waals surface area contributed by atoms with Crippen LogP contribution in [0.4, 0.5) is 0 Å². The van der Waals surface area contributed by atoms with Crippen LogP contribution in [0.1, 0.15) is 156 Å². The third-order valence-electron chi connectivity index (χ3n) is 16.0. The minimum absolute atomic E-state index is 0.0299. The molecule has 0 unspecified atom stereocenters. The lowest BCUT2D eigenvalue weighted by Crippen LogP contribution is -2.85. The number of ether oxygens (including phenoxy) is 5. The number of rotatable bonds is 15. The SMILES string of the molecule is CC(=O)O[C@H]1C(=O)[C@]2(C)[C@@H](O)C[C@@]3(C)OC[C@@]3(OC(C)=O)[C@H]2[C@H](OC(=O)c2ccccc2)[C@]2(O)C[C@H](OC(=O)[C@H](O[Si](OC(=O)C(C)(C)C)(OC(C)(C)C)OC(C)(C)C)[C@@H](NC(=O)c3ccccc3)c3ccccc3)C(C)=C1C2(C)C. The van der Waals surface area contributed by atoms with Gasteiger partial charge in [0, 0.05) is 37.7 Å². The first kappa shape index (κ1) is 62.5. The van der Waals surface area contributed by atoms with Crippen molar-refractivity contribution < 1.29 is 85.2 Å². The molecule has 1 aliphatic heterocycles. The maximum atomic E-state index is 16.2. The highest BCUT2D eigenvalue weighted by molar-refractivity contribution is 6.56. The normalized spacial score (nSPS) is 28.9. The van der Waals surface area contributed by atoms with Gasteiger partial charge in [-0.2, -0.15) is 0 Å². The molecular weight excluding hydrogens is 1060 g/mol. The molecule has 19 nitrogen and oxygen atoms in total. The first-order chi connectivity index (χ1) is 37.4. The molecule has 3 N–H and O–H groups in total. The minimum Gasteiger partial charge on any atom is -0.456 e. The highest BCUT2D eigenvalue weighted by Crippen LogP contribution is 2.67. The van der Waals surface area contributed by atoms with Gasteiger partial charge in [0.1, 0.15) is 23.4 Å². The Balaban J connectivity index is 1.51. The predicted octanol–water partition coefficient (Wildman–Crippen LogP) is 7.81. The van der Waals surface area contributed by atoms with Crippen LogP contribution in [0.15, 0.2) is 102 Å². The Labute approximate surface area is 475 Å². The molecule has 3 aliphatic carbocycles. The highest BCUT2D eigenvalue weighted by atomic mass is 28.4. The van der Waals surface area contributed by atoms with Gasteiger partial charge in [-0.1, -0.05) is 80.6 Å². The predicted molar refractivity (Wildman–Crippen MR) is 294 cm³/mol. The Morgan fingerprint density at radius 3 is 1.74 bits per heavy atom. The van der Waals surface area contributed by atoms with Crippen LogP contribution in [0.25, 0.3) is 0 Å². The Morgan fingerprint density at radius 2 is 1.26 bits per heavy atom. The summed E-state index contributed by atoms with van der Waals surface area (Å²) >= 11 is 0. The summed E-state index contributed by atoms with van der Waals surface area (Å²) in [5.41, 5.74) is -13.0. The molecule has 2 saturated carbocycles. The number of hydrogen-bond donors (Lipinski definition) is 3. The van der Waals surface area contributed by atoms with Crippen LogP contribution in [-0.4, -0.2) is 126 Å². The third kappa shape index (κ3) is 12.1. The number of hydrogen-bond acceptors (Lipinski definition) is 18. The molecule has 81 heavy (non-hydrogen) atoms. The van der Waals surface area contributed by atoms with Gasteiger partial charge in [0.25, 0.3) is 5.91 Å². The zero-order valence-corrected chi connectivity index (χ0v) is 50.2. The standard InChI is InChI=1S/C61H79NO18Si/c1-35-41(74-52(69)46(44(38-26-20-17-21-27-38)62-50(67)39-28-22-18-23-29-39)77-81(79-55(7,8)9,80-56(10,11)12)78-53(70)54(4,5)6)32-60(71)49(75-51(68)40-30-24-19-25-31-40)47-59(16,48(66)45(73-36(2)63)43(35)57(60,13)14)42(65)33-58(15)61(47,34-72-58)76-37(3)64/h17-31,41-42,44-47,49,65,71H,32-34H2,1-16H3,(H,62,67)/t41-,42-,44-,45+,46+,47-,49-,58+,59+,60+,61+/m0/s1. The smallest absolute Gasteiger partial charge is 0.456 e. The molecule has 0 radical (unpaired) electrons. The number of amides is 1. The molecule has 3 aromatic rings. The monoisotopic (exact) mass is 1140 g/mol. The number of fused-ring (bicyclic) bond motifs is 5. The third-order valence-corrected chi connectivity index (χ3v) is 18.7. The zero-order valence-electron chi connectivity index (χ0n) is 49.2. The molecule has 1 saturated heterocycles. The summed E-state index contributed by atoms with van der Waals surface area (Å²) in [6.45, 7) is 24.3. The van der Waals surface area contributed by atoms with E-state index in [9.17, 15) is 34.2 Å². The van der Waals surface area contributed by atoms with Crippen molar-refractivity contribution in [2.45, 2.75) is 188 Å². The van der Waals surface area contributed by atoms with Crippen molar-refractivity contribution in [3.8, 4) is 0 Å². The van der Waals surface area contributed by atoms with Gasteiger partial charge in [0.2, 0.25) is 0 Å². The van der Waals surface area contributed by atoms with E-state index in [0.29, 0.717) is 5.56 Å². The molecule has 20 heteroatoms. The lowest BCUT2D eigenvalue weighted by Gasteiger charge is -2.70. The van der Waals surface area contributed by atoms with Crippen LogP contribution in [0.2, 0.25) is 0 Å². The largest absolute Gasteiger partial charge is 0.753 e. The summed E-state index contributed by atoms with van der Waals surface area (Å²) in [4.78, 5) is 103. The molecule has 3 fully saturated rings. The molecule has 4 aliphatic rings. The summed E-state index contributed by atoms with van der Waals surface area (Å²) in [5, 5.41) is 29.8. The number of Topliss-reactive ketones (excluding diaryl/α,β-unsaturated/α-hetero) is 1. The van der Waals surface area contributed by atoms with E-state index in [-0.39, 0.29) is 35.3 Å². The second-order valence-corrected chi connectivity index (χ2v) is 27.5. The van der Waals surface area contributed by atoms with Gasteiger partial charge in [-0.3, -0.25) is 24.0 Å². The Hall–Kier alpha value is -6.13. The lowest BCUT2D eigenvalue weighted by molar-refractivity contribution is -0.383. The number of nitrogens with one attached hydrogen (secondary N) is 1. The van der Waals surface area contributed by atoms with Crippen LogP contribution in [0.3, 0.4) is 0 Å². The molecule has 440 valence electrons. The maximum Gasteiger partial charge on any atom is 0.753 e. The van der Waals surface area contributed by atoms with Gasteiger partial charge in [-0.05, 0) is 124 Å². The van der Waals surface area contributed by atoms with Gasteiger partial charge >= 0.3 is 38.9 Å². The van der Waals surface area contributed by atoms with Gasteiger partial charge in [-0.15, -0.1) is 0 Å². The average molecular weight is 1140 g/mol. The number of carbonyl (C=O) groups is 7. The van der Waals surface area contributed by atoms with E-state index in [1.54, 1.807) is 162 Å². The summed E-state index contributed by atoms with van der Waals surface area (Å²) in [6, 6.07) is 22.8. The van der Waals surface area contributed by atoms with E-state index in [4.69, 9.17) is 41.4 Å². The molecule has 0 aromatic heterocycles. The minimum atomic E-state index is -5.12. The van der Waals surface area contributed by atoms with Crippen LogP contribution in [0, 0.1) is 22.2 Å². The molecular formula is C61H79NO18Si. The molecule has 2 bridgehead atoms. The molecule has 7 rings (SSSR count). The number of benzene rings is 3. The van der Waals surface area contributed by atoms with E-state index in [1.807, 2.05) is 0 Å². The fourth-order valence-electron chi connectivity index (χ4n) is 11.9. The second-order valence-electron chi connectivity index (χ2n) is 25.6. The number of carbonyl (C=O) groups excluding carboxylic acids is 7. The van der Waals surface area contributed by atoms with Gasteiger partial charge in [-0.25, -0.2) is 9.59 Å². The molecule has 11 atom stereocenters. The second kappa shape index (κ2) is 22.2. The van der Waals surface area contributed by atoms with Gasteiger partial charge in [0.05, 0.1) is 52.3 Å². The van der Waals surface area contributed by atoms with Crippen molar-refractivity contribution >= 4 is 50.6 Å². The highest BCUT2D eigenvalue weighted by Gasteiger charge is 2.81. The van der Waals surface area contributed by atoms with E-state index < -0.39 is 144 Å². The van der Waals surface area contributed by atoms with E-state index in [2.05, 4.69) is 5.32 Å². The number of aliphatic hydroxyl groups excluding tert-OH is 1. The topological polar surface area (TPSA) is 255 Å². The Morgan fingerprint density at radius 1 is 0.728 bits per heavy atom. The summed E-state index contributed by atoms with van der Waals surface area (Å²) in [5.74, 6) is -8.05. The average Bonchev–Trinajstić information content (AvgIpc) is 3.49. The number of ketones is 1. The lowest BCUT2D eigenvalue weighted by atomic mass is 9.42. The molecule has 3 aromatic carbocycles. The quantitative estimate of drug-likeness (QED) is 0.0567. The van der Waals surface area contributed by atoms with Crippen molar-refractivity contribution in [3.63, 3.8) is 0 Å². The maximum absolute atomic E-state index is 16.2. The Kier molecular flexibility index (Phi) is 17.1. The van der Waals surface area contributed by atoms with Gasteiger partial charge in [0.15, 0.2) is 23.6 Å². The first-order valence-corrected chi connectivity index (χ1v) is 28.8. The summed E-state index contributed by atoms with van der Waals surface area (Å²) in [6.07, 6.45) is -10.2. The van der Waals surface area contributed by atoms with Crippen molar-refractivity contribution in [2.75, 3.05) is 6.61 Å². The Bertz CT molecular complexity index is 2910. The number of aliphatic hydroxyl groups is 2. The first-order valence-electron chi connectivity index (χ1n) is 27.2. The van der Waals surface area contributed by atoms with E-state index >= 15 is 9.59 Å². The fraction of sp³-hybridized carbons (Fsp3) is 0.557. The molecule has 1 heterocycles. The zero-order chi connectivity index (χ0) is 60.3. The summed E-state index contributed by atoms with van der Waals surface area (Å²) < 4.78 is 58.3. The molecule has 0 spiro atoms. The van der Waals surface area contributed by atoms with Crippen molar-refractivity contribution in [2.24, 2.45) is 22.2 Å². The van der Waals surface area contributed by atoms with Gasteiger partial charge < -0.3 is 56.9 Å². The van der Waals surface area contributed by atoms with Crippen molar-refractivity contribution in [1.29, 1.82) is 0 Å². The van der Waals surface area contributed by atoms with Crippen molar-refractivity contribution in [1.82, 2.24) is 5.32 Å². The van der Waals surface area contributed by atoms with Crippen LogP contribution < -0.4 is 5.32 Å². The van der Waals surface area contributed by atoms with Crippen LogP contribution >= 0.6 is 0 Å². The van der Waals surface area contributed by atoms with E-state index in [1.165, 1.54) is 26.0 Å². The number of esters is 4. The molecule has 1 amide bonds. The fourth-order valence-corrected chi connectivity index (χ4v) is 14.8. The van der Waals surface area contributed by atoms with Crippen LogP contribution in [-0.2, 0) is 65.4 Å². The van der Waals surface area contributed by atoms with E-state index in [0.717, 1.165) is 13.8 Å².